The smallest absolute Gasteiger partial charge is 0.391 e. The number of piperazine rings is 2. The lowest BCUT2D eigenvalue weighted by Crippen LogP contribution is -2.59. The van der Waals surface area contributed by atoms with Crippen molar-refractivity contribution in [2.45, 2.75) is 139 Å². The number of hydrogen-bond donors (Lipinski definition) is 4. The van der Waals surface area contributed by atoms with Crippen LogP contribution in [0.5, 0.6) is 0 Å². The summed E-state index contributed by atoms with van der Waals surface area (Å²) in [7, 11) is 0. The summed E-state index contributed by atoms with van der Waals surface area (Å²) in [5.74, 6) is -3.24. The number of aliphatic hydroxyl groups excluding tert-OH is 4. The third-order valence-corrected chi connectivity index (χ3v) is 16.4. The van der Waals surface area contributed by atoms with Crippen LogP contribution in [-0.4, -0.2) is 187 Å². The predicted octanol–water partition coefficient (Wildman–Crippen LogP) is 4.90. The quantitative estimate of drug-likeness (QED) is 0.212. The van der Waals surface area contributed by atoms with E-state index in [4.69, 9.17) is 0 Å². The number of β-amino-alcohol motifs (C(OH)–C–C–N with tert-alkyl or cyclic N) is 4. The topological polar surface area (TPSA) is 203 Å². The molecule has 80 heavy (non-hydrogen) atoms. The number of carbonyl (C=O) groups is 6. The van der Waals surface area contributed by atoms with Crippen LogP contribution in [0.25, 0.3) is 0 Å². The first kappa shape index (κ1) is 61.9. The van der Waals surface area contributed by atoms with Crippen molar-refractivity contribution >= 4 is 35.4 Å². The Morgan fingerprint density at radius 2 is 0.825 bits per heavy atom. The minimum atomic E-state index is -5.28. The lowest BCUT2D eigenvalue weighted by Gasteiger charge is -2.40. The Balaban J connectivity index is 0.000000231. The number of likely N-dealkylation sites (tertiary alicyclic amines) is 2. The highest BCUT2D eigenvalue weighted by molar-refractivity contribution is 5.90. The van der Waals surface area contributed by atoms with E-state index >= 15 is 0 Å². The van der Waals surface area contributed by atoms with Crippen molar-refractivity contribution < 1.29 is 102 Å². The summed E-state index contributed by atoms with van der Waals surface area (Å²) in [6, 6.07) is 0.700. The number of aliphatic hydroxyl groups is 4. The van der Waals surface area contributed by atoms with E-state index in [2.05, 4.69) is 0 Å². The molecule has 4 heterocycles. The van der Waals surface area contributed by atoms with Gasteiger partial charge < -0.3 is 49.8 Å². The number of piperidine rings is 2. The highest BCUT2D eigenvalue weighted by Crippen LogP contribution is 2.54. The van der Waals surface area contributed by atoms with Crippen molar-refractivity contribution in [1.82, 2.24) is 29.4 Å². The van der Waals surface area contributed by atoms with Crippen LogP contribution in [0, 0.1) is 10.8 Å². The van der Waals surface area contributed by atoms with Gasteiger partial charge in [-0.25, -0.2) is 0 Å². The van der Waals surface area contributed by atoms with Crippen molar-refractivity contribution in [3.05, 3.63) is 69.8 Å². The molecule has 8 rings (SSSR count). The molecule has 6 amide bonds. The van der Waals surface area contributed by atoms with Gasteiger partial charge in [0, 0.05) is 65.4 Å². The molecule has 0 bridgehead atoms. The first-order valence-electron chi connectivity index (χ1n) is 26.0. The fourth-order valence-corrected chi connectivity index (χ4v) is 11.1. The zero-order valence-electron chi connectivity index (χ0n) is 43.5. The normalized spacial score (nSPS) is 23.9. The fourth-order valence-electron chi connectivity index (χ4n) is 11.1. The Bertz CT molecular complexity index is 2480. The van der Waals surface area contributed by atoms with E-state index in [1.54, 1.807) is 0 Å². The molecule has 4 saturated heterocycles. The van der Waals surface area contributed by atoms with Crippen LogP contribution < -0.4 is 0 Å². The highest BCUT2D eigenvalue weighted by atomic mass is 19.4. The van der Waals surface area contributed by atoms with Crippen molar-refractivity contribution in [2.75, 3.05) is 65.4 Å². The fraction of sp³-hybridized carbons (Fsp3) is 0.654. The lowest BCUT2D eigenvalue weighted by molar-refractivity contribution is -0.162. The third-order valence-electron chi connectivity index (χ3n) is 16.4. The summed E-state index contributed by atoms with van der Waals surface area (Å²) in [4.78, 5) is 84.5. The maximum absolute atomic E-state index is 13.2. The molecule has 2 aromatic rings. The first-order valence-corrected chi connectivity index (χ1v) is 26.0. The Labute approximate surface area is 451 Å². The van der Waals surface area contributed by atoms with Gasteiger partial charge in [0.25, 0.3) is 0 Å². The van der Waals surface area contributed by atoms with Gasteiger partial charge in [-0.3, -0.25) is 28.8 Å². The molecule has 6 atom stereocenters. The van der Waals surface area contributed by atoms with Gasteiger partial charge in [-0.15, -0.1) is 0 Å². The standard InChI is InChI=1S/2C26H31F6N3O5/c2*1-15-23(40)34(13-17(36)12-21(38)33-7-6-24(4-5-24)20(37)14-33)8-9-35(15)22(39)11-16-2-3-18(25(27,28)29)19(10-16)26(30,31)32/h2*2-3,10,15,17,20,36-37H,4-9,11-14H2,1H3/t15-,17+,20+;15-,17-,20+/m00/s1. The molecule has 2 saturated carbocycles. The largest absolute Gasteiger partial charge is 0.417 e. The Hall–Kier alpha value is -5.74. The molecule has 6 aliphatic rings. The minimum Gasteiger partial charge on any atom is -0.391 e. The molecule has 0 aromatic heterocycles. The Morgan fingerprint density at radius 3 is 1.11 bits per heavy atom. The van der Waals surface area contributed by atoms with Gasteiger partial charge in [-0.05, 0) is 98.6 Å². The number of rotatable bonds is 12. The van der Waals surface area contributed by atoms with Crippen LogP contribution in [0.3, 0.4) is 0 Å². The van der Waals surface area contributed by atoms with Crippen LogP contribution in [0.15, 0.2) is 36.4 Å². The zero-order chi connectivity index (χ0) is 59.2. The van der Waals surface area contributed by atoms with Crippen molar-refractivity contribution in [3.63, 3.8) is 0 Å². The molecule has 6 fully saturated rings. The number of benzene rings is 2. The van der Waals surface area contributed by atoms with Gasteiger partial charge in [0.15, 0.2) is 0 Å². The second-order valence-corrected chi connectivity index (χ2v) is 21.9. The van der Waals surface area contributed by atoms with Gasteiger partial charge in [-0.1, -0.05) is 12.1 Å². The maximum atomic E-state index is 13.2. The highest BCUT2D eigenvalue weighted by Gasteiger charge is 2.53. The summed E-state index contributed by atoms with van der Waals surface area (Å²) < 4.78 is 158. The lowest BCUT2D eigenvalue weighted by atomic mass is 9.90. The Kier molecular flexibility index (Phi) is 18.0. The van der Waals surface area contributed by atoms with E-state index in [0.717, 1.165) is 47.6 Å². The van der Waals surface area contributed by atoms with Gasteiger partial charge in [-0.2, -0.15) is 52.7 Å². The number of nitrogens with zero attached hydrogens (tertiary/aromatic N) is 6. The van der Waals surface area contributed by atoms with E-state index in [9.17, 15) is 102 Å². The third kappa shape index (κ3) is 14.3. The van der Waals surface area contributed by atoms with Crippen LogP contribution in [0.2, 0.25) is 0 Å². The second kappa shape index (κ2) is 23.3. The van der Waals surface area contributed by atoms with Crippen molar-refractivity contribution in [1.29, 1.82) is 0 Å². The molecule has 4 aliphatic heterocycles. The van der Waals surface area contributed by atoms with Gasteiger partial charge in [0.1, 0.15) is 12.1 Å². The second-order valence-electron chi connectivity index (χ2n) is 21.9. The number of alkyl halides is 12. The molecule has 4 N–H and O–H groups in total. The van der Waals surface area contributed by atoms with Gasteiger partial charge >= 0.3 is 24.7 Å². The molecule has 0 radical (unpaired) electrons. The maximum Gasteiger partial charge on any atom is 0.417 e. The molecule has 2 spiro atoms. The van der Waals surface area contributed by atoms with Crippen LogP contribution in [0.4, 0.5) is 52.7 Å². The van der Waals surface area contributed by atoms with E-state index < -0.39 is 120 Å². The van der Waals surface area contributed by atoms with E-state index in [1.807, 2.05) is 0 Å². The molecule has 28 heteroatoms. The molecule has 2 aromatic carbocycles. The molecule has 2 aliphatic carbocycles. The average Bonchev–Trinajstić information content (AvgIpc) is 4.33. The van der Waals surface area contributed by atoms with Crippen molar-refractivity contribution in [2.24, 2.45) is 10.8 Å². The molecular formula is C52H62F12N6O10. The van der Waals surface area contributed by atoms with E-state index in [0.29, 0.717) is 38.1 Å². The molecule has 16 nitrogen and oxygen atoms in total. The molecule has 444 valence electrons. The number of amides is 6. The molecule has 0 unspecified atom stereocenters. The average molecular weight is 1160 g/mol. The minimum absolute atomic E-state index is 0.00801. The summed E-state index contributed by atoms with van der Waals surface area (Å²) in [6.45, 7) is 3.79. The van der Waals surface area contributed by atoms with E-state index in [1.165, 1.54) is 33.4 Å². The summed E-state index contributed by atoms with van der Waals surface area (Å²) in [5, 5.41) is 41.5. The van der Waals surface area contributed by atoms with Crippen molar-refractivity contribution in [3.8, 4) is 0 Å². The van der Waals surface area contributed by atoms with Gasteiger partial charge in [0.05, 0.1) is 72.4 Å². The summed E-state index contributed by atoms with van der Waals surface area (Å²) in [6.07, 6.45) is -21.2. The number of hydrogen-bond acceptors (Lipinski definition) is 10. The van der Waals surface area contributed by atoms with Gasteiger partial charge in [0.2, 0.25) is 35.4 Å². The number of carbonyl (C=O) groups excluding carboxylic acids is 6. The monoisotopic (exact) mass is 1160 g/mol. The summed E-state index contributed by atoms with van der Waals surface area (Å²) >= 11 is 0. The SMILES string of the molecule is C[C@H]1C(=O)N(C[C@@H](O)CC(=O)N2CCC3(CC3)[C@H](O)C2)CCN1C(=O)Cc1ccc(C(F)(F)F)c(C(F)(F)F)c1.C[C@H]1C(=O)N(C[C@H](O)CC(=O)N2CCC3(CC3)[C@H](O)C2)CCN1C(=O)Cc1ccc(C(F)(F)F)c(C(F)(F)F)c1. The van der Waals surface area contributed by atoms with Crippen LogP contribution >= 0.6 is 0 Å². The number of halogens is 12. The Morgan fingerprint density at radius 1 is 0.500 bits per heavy atom. The van der Waals surface area contributed by atoms with Crippen LogP contribution in [-0.2, 0) is 66.3 Å². The summed E-state index contributed by atoms with van der Waals surface area (Å²) in [5.41, 5.74) is -8.22. The zero-order valence-corrected chi connectivity index (χ0v) is 43.5. The first-order chi connectivity index (χ1) is 37.0. The molecular weight excluding hydrogens is 1100 g/mol. The van der Waals surface area contributed by atoms with E-state index in [-0.39, 0.29) is 111 Å². The predicted molar refractivity (Wildman–Crippen MR) is 255 cm³/mol. The van der Waals surface area contributed by atoms with Crippen LogP contribution in [0.1, 0.15) is 98.6 Å².